The van der Waals surface area contributed by atoms with E-state index in [9.17, 15) is 39.0 Å². The first-order valence-corrected chi connectivity index (χ1v) is 22.1. The smallest absolute Gasteiger partial charge is 0.271 e. The van der Waals surface area contributed by atoms with Crippen LogP contribution in [-0.4, -0.2) is 124 Å². The fourth-order valence-electron chi connectivity index (χ4n) is 6.93. The van der Waals surface area contributed by atoms with Crippen molar-refractivity contribution in [2.24, 2.45) is 28.7 Å². The van der Waals surface area contributed by atoms with Crippen molar-refractivity contribution in [3.05, 3.63) is 114 Å². The number of guanidine groups is 4. The van der Waals surface area contributed by atoms with E-state index in [2.05, 4.69) is 42.5 Å². The van der Waals surface area contributed by atoms with E-state index in [1.165, 1.54) is 35.2 Å². The SMILES string of the molecule is CN(C)c1ccc(CN(c2nc(-c3ccccc3)nc3ccccc23)C(O)C(=O)NC(C(=O)NC(NC(=N)N)C(=O)NC(NC(=N)N)C(=O)NC(NC(=N)N)C(=O)NC(NC(=N)N)C(N)=O)c2ccccc2)c(O)c1. The lowest BCUT2D eigenvalue weighted by Crippen LogP contribution is -2.68. The largest absolute Gasteiger partial charge is 0.508 e. The number of aliphatic hydroxyl groups excluding tert-OH is 1. The van der Waals surface area contributed by atoms with Crippen LogP contribution in [0, 0.1) is 21.6 Å². The van der Waals surface area contributed by atoms with Crippen LogP contribution >= 0.6 is 0 Å². The highest BCUT2D eigenvalue weighted by atomic mass is 16.3. The van der Waals surface area contributed by atoms with E-state index >= 15 is 0 Å². The first-order valence-electron chi connectivity index (χ1n) is 22.1. The van der Waals surface area contributed by atoms with Gasteiger partial charge in [-0.3, -0.25) is 50.4 Å². The molecule has 0 spiro atoms. The quantitative estimate of drug-likeness (QED) is 0.0176. The highest BCUT2D eigenvalue weighted by Gasteiger charge is 2.36. The Morgan fingerprint density at radius 2 is 1.03 bits per heavy atom. The van der Waals surface area contributed by atoms with Crippen molar-refractivity contribution in [2.45, 2.75) is 43.5 Å². The Balaban J connectivity index is 1.48. The third-order valence-electron chi connectivity index (χ3n) is 10.4. The first kappa shape index (κ1) is 55.4. The van der Waals surface area contributed by atoms with Gasteiger partial charge in [0.15, 0.2) is 54.3 Å². The molecule has 0 aliphatic heterocycles. The molecule has 25 N–H and O–H groups in total. The predicted octanol–water partition coefficient (Wildman–Crippen LogP) is -4.56. The number of nitrogens with two attached hydrogens (primary N) is 5. The summed E-state index contributed by atoms with van der Waals surface area (Å²) < 4.78 is 0. The number of hydrogen-bond donors (Lipinski definition) is 20. The van der Waals surface area contributed by atoms with Gasteiger partial charge in [0.2, 0.25) is 12.1 Å². The molecule has 1 aromatic heterocycles. The summed E-state index contributed by atoms with van der Waals surface area (Å²) in [7, 11) is 3.55. The van der Waals surface area contributed by atoms with Crippen molar-refractivity contribution in [2.75, 3.05) is 23.9 Å². The Kier molecular flexibility index (Phi) is 18.5. The van der Waals surface area contributed by atoms with E-state index < -0.39 is 96.2 Å². The topological polar surface area (TPSA) is 509 Å². The maximum absolute atomic E-state index is 14.6. The fraction of sp³-hybridized carbons (Fsp3) is 0.200. The van der Waals surface area contributed by atoms with E-state index in [0.717, 1.165) is 0 Å². The van der Waals surface area contributed by atoms with E-state index in [0.29, 0.717) is 22.2 Å². The summed E-state index contributed by atoms with van der Waals surface area (Å²) in [5.74, 6) is -11.0. The average molecular weight is 1030 g/mol. The van der Waals surface area contributed by atoms with Crippen LogP contribution in [0.5, 0.6) is 5.75 Å². The second-order valence-corrected chi connectivity index (χ2v) is 16.2. The Morgan fingerprint density at radius 1 is 0.560 bits per heavy atom. The minimum atomic E-state index is -2.18. The van der Waals surface area contributed by atoms with E-state index in [4.69, 9.17) is 60.3 Å². The van der Waals surface area contributed by atoms with Crippen molar-refractivity contribution in [1.29, 1.82) is 21.6 Å². The average Bonchev–Trinajstić information content (AvgIpc) is 3.35. The summed E-state index contributed by atoms with van der Waals surface area (Å²) in [4.78, 5) is 94.2. The zero-order valence-corrected chi connectivity index (χ0v) is 40.0. The molecule has 0 aliphatic rings. The molecule has 0 fully saturated rings. The molecule has 5 rings (SSSR count). The number of carbonyl (C=O) groups excluding carboxylic acids is 6. The molecule has 0 radical (unpaired) electrons. The molecule has 6 atom stereocenters. The van der Waals surface area contributed by atoms with Gasteiger partial charge in [-0.15, -0.1) is 0 Å². The lowest BCUT2D eigenvalue weighted by atomic mass is 10.1. The number of primary amides is 1. The van der Waals surface area contributed by atoms with Gasteiger partial charge in [-0.1, -0.05) is 78.9 Å². The summed E-state index contributed by atoms with van der Waals surface area (Å²) in [6, 6.07) is 26.4. The zero-order chi connectivity index (χ0) is 55.1. The van der Waals surface area contributed by atoms with Gasteiger partial charge in [0.25, 0.3) is 29.5 Å². The maximum atomic E-state index is 14.6. The third kappa shape index (κ3) is 15.2. The molecule has 1 heterocycles. The Labute approximate surface area is 426 Å². The second kappa shape index (κ2) is 25.0. The van der Waals surface area contributed by atoms with Gasteiger partial charge in [0, 0.05) is 42.4 Å². The molecule has 30 nitrogen and oxygen atoms in total. The normalized spacial score (nSPS) is 13.1. The number of hydrogen-bond acceptors (Lipinski definition) is 16. The second-order valence-electron chi connectivity index (χ2n) is 16.2. The molecule has 0 saturated carbocycles. The molecule has 4 aromatic carbocycles. The number of nitrogens with one attached hydrogen (secondary N) is 13. The van der Waals surface area contributed by atoms with E-state index in [1.54, 1.807) is 91.8 Å². The fourth-order valence-corrected chi connectivity index (χ4v) is 6.93. The van der Waals surface area contributed by atoms with E-state index in [1.807, 2.05) is 5.32 Å². The van der Waals surface area contributed by atoms with Gasteiger partial charge in [0.1, 0.15) is 17.6 Å². The number of phenols is 1. The zero-order valence-electron chi connectivity index (χ0n) is 40.0. The van der Waals surface area contributed by atoms with Gasteiger partial charge >= 0.3 is 0 Å². The minimum absolute atomic E-state index is 0.0583. The number of rotatable bonds is 22. The molecule has 0 saturated heterocycles. The van der Waals surface area contributed by atoms with E-state index in [-0.39, 0.29) is 35.1 Å². The van der Waals surface area contributed by atoms with Crippen LogP contribution in [0.1, 0.15) is 17.2 Å². The lowest BCUT2D eigenvalue weighted by molar-refractivity contribution is -0.136. The molecule has 394 valence electrons. The van der Waals surface area contributed by atoms with Gasteiger partial charge in [-0.05, 0) is 23.8 Å². The number of fused-ring (bicyclic) bond motifs is 1. The molecule has 30 heteroatoms. The number of benzene rings is 4. The number of anilines is 2. The van der Waals surface area contributed by atoms with Gasteiger partial charge in [0.05, 0.1) is 12.1 Å². The molecule has 6 unspecified atom stereocenters. The van der Waals surface area contributed by atoms with Crippen LogP contribution < -0.4 is 86.3 Å². The number of aromatic hydroxyl groups is 1. The number of nitrogens with zero attached hydrogens (tertiary/aromatic N) is 4. The first-order chi connectivity index (χ1) is 35.5. The molecular weight excluding hydrogens is 977 g/mol. The minimum Gasteiger partial charge on any atom is -0.508 e. The van der Waals surface area contributed by atoms with Crippen molar-refractivity contribution in [1.82, 2.24) is 57.8 Å². The Bertz CT molecular complexity index is 2970. The van der Waals surface area contributed by atoms with Crippen LogP contribution in [0.15, 0.2) is 103 Å². The molecule has 75 heavy (non-hydrogen) atoms. The summed E-state index contributed by atoms with van der Waals surface area (Å²) >= 11 is 0. The van der Waals surface area contributed by atoms with Crippen molar-refractivity contribution in [3.63, 3.8) is 0 Å². The maximum Gasteiger partial charge on any atom is 0.271 e. The molecular formula is C45H56N22O8. The Hall–Kier alpha value is -10.5. The van der Waals surface area contributed by atoms with Gasteiger partial charge in [-0.25, -0.2) is 9.97 Å². The van der Waals surface area contributed by atoms with Crippen molar-refractivity contribution >= 4 is 81.7 Å². The van der Waals surface area contributed by atoms with Gasteiger partial charge < -0.3 is 96.5 Å². The summed E-state index contributed by atoms with van der Waals surface area (Å²) in [5, 5.41) is 74.1. The summed E-state index contributed by atoms with van der Waals surface area (Å²) in [6.07, 6.45) is -10.2. The predicted molar refractivity (Wildman–Crippen MR) is 274 cm³/mol. The van der Waals surface area contributed by atoms with Crippen molar-refractivity contribution < 1.29 is 39.0 Å². The number of para-hydroxylation sites is 1. The highest BCUT2D eigenvalue weighted by Crippen LogP contribution is 2.32. The van der Waals surface area contributed by atoms with Crippen molar-refractivity contribution in [3.8, 4) is 17.1 Å². The van der Waals surface area contributed by atoms with Crippen LogP contribution in [-0.2, 0) is 35.3 Å². The molecule has 6 amide bonds. The summed E-state index contributed by atoms with van der Waals surface area (Å²) in [6.45, 7) is -0.333. The summed E-state index contributed by atoms with van der Waals surface area (Å²) in [5.41, 5.74) is 29.0. The molecule has 0 aliphatic carbocycles. The van der Waals surface area contributed by atoms with Crippen LogP contribution in [0.3, 0.4) is 0 Å². The monoisotopic (exact) mass is 1030 g/mol. The standard InChI is InChI=1S/C45H56N22O8/c1-66(2)24-18-17-23(27(68)19-24)20-67(35-25-15-9-10-16-26(25)55-30(57-35)22-13-7-4-8-14-22)41(75)40(74)56-28(21-11-5-3-6-12-21)36(70)59-32(63-43(49)50)38(72)61-34(65-45(53)54)39(73)60-33(64-44(51)52)37(71)58-31(29(46)69)62-42(47)48/h3-19,28,31-34,41,68,75H,20H2,1-2H3,(H2,46,69)(H,56,74)(H,58,71)(H,59,70)(H,60,73)(H,61,72)(H4,47,48,62)(H4,49,50,63)(H4,51,52,64)(H4,53,54,65). The number of aromatic nitrogens is 2. The van der Waals surface area contributed by atoms with Crippen LogP contribution in [0.2, 0.25) is 0 Å². The number of phenolic OH excluding ortho intramolecular Hbond substituents is 1. The molecule has 5 aromatic rings. The number of aliphatic hydroxyl groups is 1. The lowest BCUT2D eigenvalue weighted by Gasteiger charge is -2.31. The third-order valence-corrected chi connectivity index (χ3v) is 10.4. The highest BCUT2D eigenvalue weighted by molar-refractivity contribution is 6.00. The van der Waals surface area contributed by atoms with Crippen LogP contribution in [0.25, 0.3) is 22.3 Å². The Morgan fingerprint density at radius 3 is 1.52 bits per heavy atom. The number of amides is 6. The van der Waals surface area contributed by atoms with Gasteiger partial charge in [-0.2, -0.15) is 0 Å². The molecule has 0 bridgehead atoms. The number of carbonyl (C=O) groups is 6. The van der Waals surface area contributed by atoms with Crippen LogP contribution in [0.4, 0.5) is 11.5 Å².